The number of nitrogens with two attached hydrogens (primary N) is 1. The highest BCUT2D eigenvalue weighted by atomic mass is 31.3. The lowest BCUT2D eigenvalue weighted by Gasteiger charge is -2.22. The normalized spacial score (nSPS) is 17.8. The van der Waals surface area contributed by atoms with E-state index in [1.165, 1.54) is 65.4 Å². The molecule has 76 heavy (non-hydrogen) atoms. The van der Waals surface area contributed by atoms with Crippen LogP contribution in [0, 0.1) is 27.9 Å². The third kappa shape index (κ3) is 12.6. The number of hydrogen-bond donors (Lipinski definition) is 7. The van der Waals surface area contributed by atoms with Crippen LogP contribution in [0.2, 0.25) is 0 Å². The van der Waals surface area contributed by atoms with Gasteiger partial charge in [-0.15, -0.1) is 0 Å². The zero-order chi connectivity index (χ0) is 54.9. The van der Waals surface area contributed by atoms with Crippen molar-refractivity contribution in [2.75, 3.05) is 12.3 Å². The average molecular weight is 1110 g/mol. The molecule has 3 aliphatic rings. The standard InChI is InChI=1S/C48H45N4O21P3/c1-26(2)47(67-23-29-22-51(48-45(29)36(49)15-16-50-48)44-21-39(57)43(71-44)24-69-75(63,64)73-76(65,66)72-74(60,61)62)32-11-7-27(17-37(32)52(58)59)5-3-4-6-38(56)28-8-14-40(68-25-53)35(18-28)46-33-12-9-30(54)19-41(33)70-42-20-31(55)10-13-34(42)46/h7-20,22,25-26,39,43-44,47,54,57H,4,6,21,23-24H2,1-2H3,(H2,49,50)(H,63,64)(H,65,66)(H2,60,61,62)/t39-,43-,44-,47-/m1/s1. The third-order valence-corrected chi connectivity index (χ3v) is 15.6. The van der Waals surface area contributed by atoms with E-state index in [9.17, 15) is 58.2 Å². The van der Waals surface area contributed by atoms with Crippen LogP contribution in [0.5, 0.6) is 11.5 Å². The number of phenolic OH excluding ortho intramolecular Hbond substituents is 1. The van der Waals surface area contributed by atoms with E-state index in [4.69, 9.17) is 34.1 Å². The molecular formula is C48H45N4O21P3. The number of ketones is 1. The molecule has 25 nitrogen and oxygen atoms in total. The Hall–Kier alpha value is -6.97. The van der Waals surface area contributed by atoms with Gasteiger partial charge in [-0.05, 0) is 66.6 Å². The number of aliphatic hydroxyl groups is 1. The number of aromatic nitrogens is 2. The summed E-state index contributed by atoms with van der Waals surface area (Å²) in [6, 6.07) is 19.0. The van der Waals surface area contributed by atoms with Gasteiger partial charge in [0.05, 0.1) is 35.9 Å². The van der Waals surface area contributed by atoms with Gasteiger partial charge in [0.25, 0.3) is 12.2 Å². The number of nitro benzene ring substituents is 1. The Morgan fingerprint density at radius 3 is 2.50 bits per heavy atom. The molecule has 28 heteroatoms. The minimum Gasteiger partial charge on any atom is -0.508 e. The summed E-state index contributed by atoms with van der Waals surface area (Å²) in [6.07, 6.45) is -1.78. The molecule has 1 saturated heterocycles. The molecule has 398 valence electrons. The maximum Gasteiger partial charge on any atom is 0.490 e. The summed E-state index contributed by atoms with van der Waals surface area (Å²) in [5.74, 6) is 5.36. The first-order valence-electron chi connectivity index (χ1n) is 22.6. The van der Waals surface area contributed by atoms with Crippen LogP contribution in [0.3, 0.4) is 0 Å². The third-order valence-electron chi connectivity index (χ3n) is 11.8. The van der Waals surface area contributed by atoms with Crippen molar-refractivity contribution in [3.8, 4) is 45.8 Å². The number of aliphatic hydroxyl groups excluding tert-OH is 1. The van der Waals surface area contributed by atoms with Crippen LogP contribution in [0.15, 0.2) is 100 Å². The van der Waals surface area contributed by atoms with Crippen molar-refractivity contribution in [3.05, 3.63) is 134 Å². The van der Waals surface area contributed by atoms with Gasteiger partial charge in [0.2, 0.25) is 0 Å². The first-order chi connectivity index (χ1) is 35.9. The Bertz CT molecular complexity index is 3660. The number of ether oxygens (including phenoxy) is 3. The van der Waals surface area contributed by atoms with Gasteiger partial charge in [0, 0.05) is 99.7 Å². The summed E-state index contributed by atoms with van der Waals surface area (Å²) >= 11 is 0. The van der Waals surface area contributed by atoms with Crippen LogP contribution >= 0.6 is 23.5 Å². The number of nitro groups is 1. The molecule has 1 fully saturated rings. The number of anilines is 1. The molecule has 4 heterocycles. The topological polar surface area (TPSA) is 379 Å². The molecule has 5 aromatic rings. The van der Waals surface area contributed by atoms with Gasteiger partial charge in [0.15, 0.2) is 11.2 Å². The number of rotatable bonds is 20. The molecule has 0 saturated carbocycles. The number of carbonyl (C=O) groups is 2. The second-order valence-corrected chi connectivity index (χ2v) is 21.9. The summed E-state index contributed by atoms with van der Waals surface area (Å²) in [6.45, 7) is 2.76. The predicted molar refractivity (Wildman–Crippen MR) is 267 cm³/mol. The number of nitrogens with zero attached hydrogens (tertiary/aromatic N) is 3. The Kier molecular flexibility index (Phi) is 16.2. The minimum atomic E-state index is -5.80. The monoisotopic (exact) mass is 1110 g/mol. The summed E-state index contributed by atoms with van der Waals surface area (Å²) in [7, 11) is -17.0. The predicted octanol–water partition coefficient (Wildman–Crippen LogP) is 7.57. The average Bonchev–Trinajstić information content (AvgIpc) is 3.91. The number of phenols is 1. The Labute approximate surface area is 429 Å². The van der Waals surface area contributed by atoms with Gasteiger partial charge >= 0.3 is 23.5 Å². The van der Waals surface area contributed by atoms with E-state index in [2.05, 4.69) is 30.0 Å². The number of pyridine rings is 1. The zero-order valence-corrected chi connectivity index (χ0v) is 42.4. The Morgan fingerprint density at radius 2 is 1.78 bits per heavy atom. The van der Waals surface area contributed by atoms with Gasteiger partial charge in [-0.2, -0.15) is 8.62 Å². The zero-order valence-electron chi connectivity index (χ0n) is 39.7. The Morgan fingerprint density at radius 1 is 1.00 bits per heavy atom. The van der Waals surface area contributed by atoms with Crippen molar-refractivity contribution < 1.29 is 89.8 Å². The molecule has 3 aromatic carbocycles. The van der Waals surface area contributed by atoms with Crippen LogP contribution in [0.4, 0.5) is 11.4 Å². The quantitative estimate of drug-likeness (QED) is 0.00735. The SMILES string of the molecule is CC(C)[C@@H](OCc1cn([C@H]2C[C@@H](O)[C@@H](COP(=O)(O)OP(=O)(O)OP(=O)(O)O)O2)c2nccc(N)c12)c1ccc(C#CCCC(=O)c2ccc(OC=O)c(-c3c4ccc(=O)cc-4oc4cc(O)ccc34)c2)cc1[N+](=O)[O-]. The Balaban J connectivity index is 0.965. The molecular weight excluding hydrogens is 1060 g/mol. The first-order valence-corrected chi connectivity index (χ1v) is 27.1. The number of phosphoric acid groups is 3. The molecule has 0 radical (unpaired) electrons. The maximum atomic E-state index is 13.7. The fraction of sp³-hybridized carbons (Fsp3) is 0.250. The van der Waals surface area contributed by atoms with Crippen LogP contribution in [0.1, 0.15) is 72.5 Å². The highest BCUT2D eigenvalue weighted by Gasteiger charge is 2.43. The van der Waals surface area contributed by atoms with E-state index in [0.717, 1.165) is 0 Å². The van der Waals surface area contributed by atoms with Gasteiger partial charge < -0.3 is 58.7 Å². The lowest BCUT2D eigenvalue weighted by molar-refractivity contribution is -0.386. The number of carbonyl (C=O) groups excluding carboxylic acids is 2. The molecule has 0 bridgehead atoms. The first kappa shape index (κ1) is 55.3. The second kappa shape index (κ2) is 22.3. The van der Waals surface area contributed by atoms with E-state index in [0.29, 0.717) is 33.0 Å². The van der Waals surface area contributed by atoms with Crippen molar-refractivity contribution in [1.29, 1.82) is 0 Å². The number of aromatic hydroxyl groups is 1. The van der Waals surface area contributed by atoms with E-state index < -0.39 is 59.5 Å². The van der Waals surface area contributed by atoms with Crippen molar-refractivity contribution in [3.63, 3.8) is 0 Å². The lowest BCUT2D eigenvalue weighted by Crippen LogP contribution is -2.26. The molecule has 1 aliphatic carbocycles. The van der Waals surface area contributed by atoms with Gasteiger partial charge in [-0.25, -0.2) is 18.7 Å². The molecule has 0 spiro atoms. The van der Waals surface area contributed by atoms with Crippen molar-refractivity contribution in [2.24, 2.45) is 5.92 Å². The van der Waals surface area contributed by atoms with Crippen LogP contribution < -0.4 is 15.9 Å². The number of benzene rings is 4. The second-order valence-electron chi connectivity index (χ2n) is 17.5. The molecule has 2 aliphatic heterocycles. The van der Waals surface area contributed by atoms with Crippen molar-refractivity contribution >= 4 is 69.1 Å². The van der Waals surface area contributed by atoms with Crippen LogP contribution in [-0.2, 0) is 47.7 Å². The minimum absolute atomic E-state index is 0.0504. The number of fused-ring (bicyclic) bond motifs is 3. The van der Waals surface area contributed by atoms with Crippen LogP contribution in [0.25, 0.3) is 44.5 Å². The molecule has 6 atom stereocenters. The molecule has 8 N–H and O–H groups in total. The molecule has 8 rings (SSSR count). The summed E-state index contributed by atoms with van der Waals surface area (Å²) in [5.41, 5.74) is 9.03. The van der Waals surface area contributed by atoms with Crippen molar-refractivity contribution in [2.45, 2.75) is 64.3 Å². The molecule has 0 amide bonds. The highest BCUT2D eigenvalue weighted by Crippen LogP contribution is 2.66. The summed E-state index contributed by atoms with van der Waals surface area (Å²) in [5, 5.41) is 34.5. The van der Waals surface area contributed by atoms with Crippen LogP contribution in [-0.4, -0.2) is 75.3 Å². The number of nitrogen functional groups attached to an aromatic ring is 1. The summed E-state index contributed by atoms with van der Waals surface area (Å²) < 4.78 is 72.2. The van der Waals surface area contributed by atoms with Crippen molar-refractivity contribution in [1.82, 2.24) is 9.55 Å². The largest absolute Gasteiger partial charge is 0.508 e. The number of hydrogen-bond acceptors (Lipinski definition) is 19. The number of phosphoric ester groups is 1. The fourth-order valence-electron chi connectivity index (χ4n) is 8.65. The van der Waals surface area contributed by atoms with E-state index >= 15 is 0 Å². The lowest BCUT2D eigenvalue weighted by atomic mass is 9.91. The fourth-order valence-corrected chi connectivity index (χ4v) is 11.7. The molecule has 2 aromatic heterocycles. The number of Topliss-reactive ketones (excluding diaryl/α,β-unsaturated/α-hetero) is 1. The van der Waals surface area contributed by atoms with Gasteiger partial charge in [0.1, 0.15) is 40.8 Å². The van der Waals surface area contributed by atoms with Gasteiger partial charge in [-0.3, -0.25) is 29.0 Å². The van der Waals surface area contributed by atoms with E-state index in [1.807, 2.05) is 0 Å². The maximum absolute atomic E-state index is 13.7. The smallest absolute Gasteiger partial charge is 0.490 e. The molecule has 2 unspecified atom stereocenters. The highest BCUT2D eigenvalue weighted by molar-refractivity contribution is 7.66. The summed E-state index contributed by atoms with van der Waals surface area (Å²) in [4.78, 5) is 90.9. The van der Waals surface area contributed by atoms with E-state index in [-0.39, 0.29) is 106 Å². The van der Waals surface area contributed by atoms with Gasteiger partial charge in [-0.1, -0.05) is 25.7 Å². The van der Waals surface area contributed by atoms with E-state index in [1.54, 1.807) is 44.3 Å².